The first-order valence-corrected chi connectivity index (χ1v) is 17.0. The van der Waals surface area contributed by atoms with Crippen LogP contribution in [0.1, 0.15) is 0 Å². The average Bonchev–Trinajstić information content (AvgIpc) is 3.72. The molecule has 0 bridgehead atoms. The number of fused-ring (bicyclic) bond motifs is 13. The third-order valence-electron chi connectivity index (χ3n) is 9.97. The van der Waals surface area contributed by atoms with Crippen LogP contribution in [-0.4, -0.2) is 14.4 Å². The number of imidazole rings is 1. The molecule has 11 aromatic rings. The predicted molar refractivity (Wildman–Crippen MR) is 204 cm³/mol. The molecule has 48 heavy (non-hydrogen) atoms. The Bertz CT molecular complexity index is 3110. The Hall–Kier alpha value is -6.10. The van der Waals surface area contributed by atoms with E-state index in [1.165, 1.54) is 58.1 Å². The second kappa shape index (κ2) is 9.71. The van der Waals surface area contributed by atoms with Gasteiger partial charge in [0.2, 0.25) is 0 Å². The van der Waals surface area contributed by atoms with Crippen LogP contribution in [0.4, 0.5) is 0 Å². The number of benzene rings is 7. The van der Waals surface area contributed by atoms with Crippen LogP contribution < -0.4 is 0 Å². The van der Waals surface area contributed by atoms with Crippen LogP contribution in [0.15, 0.2) is 152 Å². The fourth-order valence-corrected chi connectivity index (χ4v) is 8.89. The molecular formula is C44H25N3S. The van der Waals surface area contributed by atoms with Gasteiger partial charge in [0.25, 0.3) is 0 Å². The van der Waals surface area contributed by atoms with Gasteiger partial charge in [-0.2, -0.15) is 0 Å². The maximum Gasteiger partial charge on any atom is 0.156 e. The summed E-state index contributed by atoms with van der Waals surface area (Å²) in [5.41, 5.74) is 8.78. The molecule has 0 atom stereocenters. The highest BCUT2D eigenvalue weighted by Gasteiger charge is 2.19. The van der Waals surface area contributed by atoms with Crippen molar-refractivity contribution in [3.63, 3.8) is 0 Å². The second-order valence-electron chi connectivity index (χ2n) is 12.7. The quantitative estimate of drug-likeness (QED) is 0.179. The van der Waals surface area contributed by atoms with Crippen LogP contribution in [0.5, 0.6) is 0 Å². The smallest absolute Gasteiger partial charge is 0.156 e. The summed E-state index contributed by atoms with van der Waals surface area (Å²) in [6.07, 6.45) is 1.97. The first kappa shape index (κ1) is 26.0. The third-order valence-corrected chi connectivity index (χ3v) is 11.2. The SMILES string of the molecule is c1ccc2cc3c(cc2c1)nc1c2sc4c5ccccc5ccc4c2cc(-c2ccc(-c4ccc5c(c4)ncc4ccccc45)cc2)n31. The number of pyridine rings is 2. The van der Waals surface area contributed by atoms with Crippen molar-refractivity contribution < 1.29 is 0 Å². The molecule has 0 N–H and O–H groups in total. The number of nitrogens with zero attached hydrogens (tertiary/aromatic N) is 3. The zero-order chi connectivity index (χ0) is 31.3. The molecule has 0 aliphatic carbocycles. The van der Waals surface area contributed by atoms with Crippen molar-refractivity contribution in [1.82, 2.24) is 14.4 Å². The molecule has 0 radical (unpaired) electrons. The van der Waals surface area contributed by atoms with Gasteiger partial charge in [-0.1, -0.05) is 121 Å². The fourth-order valence-electron chi connectivity index (χ4n) is 7.60. The average molecular weight is 628 g/mol. The van der Waals surface area contributed by atoms with E-state index in [4.69, 9.17) is 9.97 Å². The van der Waals surface area contributed by atoms with Gasteiger partial charge in [0.15, 0.2) is 5.65 Å². The Morgan fingerprint density at radius 2 is 1.12 bits per heavy atom. The van der Waals surface area contributed by atoms with E-state index in [0.717, 1.165) is 44.4 Å². The minimum absolute atomic E-state index is 1.01. The van der Waals surface area contributed by atoms with Crippen molar-refractivity contribution in [3.8, 4) is 22.4 Å². The monoisotopic (exact) mass is 627 g/mol. The standard InChI is InChI=1S/C44H25N3S/c1-2-9-30-23-41-39(22-29(30)8-1)46-44-43-37(36-20-17-27-7-3-6-12-34(27)42(36)48-43)24-40(47(41)44)28-15-13-26(14-16-28)31-18-19-35-33-11-5-4-10-32(33)25-45-38(35)21-31/h1-25H. The summed E-state index contributed by atoms with van der Waals surface area (Å²) in [7, 11) is 0. The van der Waals surface area contributed by atoms with E-state index in [1.54, 1.807) is 0 Å². The molecule has 0 aliphatic heterocycles. The van der Waals surface area contributed by atoms with Crippen molar-refractivity contribution in [2.75, 3.05) is 0 Å². The van der Waals surface area contributed by atoms with E-state index >= 15 is 0 Å². The molecule has 0 spiro atoms. The minimum atomic E-state index is 1.01. The summed E-state index contributed by atoms with van der Waals surface area (Å²) in [5.74, 6) is 0. The van der Waals surface area contributed by atoms with E-state index in [1.807, 2.05) is 17.5 Å². The molecule has 0 aliphatic rings. The number of rotatable bonds is 2. The van der Waals surface area contributed by atoms with Crippen molar-refractivity contribution in [2.45, 2.75) is 0 Å². The summed E-state index contributed by atoms with van der Waals surface area (Å²) < 4.78 is 4.91. The zero-order valence-electron chi connectivity index (χ0n) is 25.7. The topological polar surface area (TPSA) is 30.2 Å². The highest BCUT2D eigenvalue weighted by Crippen LogP contribution is 2.43. The molecule has 0 saturated carbocycles. The van der Waals surface area contributed by atoms with E-state index in [0.29, 0.717) is 0 Å². The molecule has 11 rings (SSSR count). The molecule has 4 heteroatoms. The molecular weight excluding hydrogens is 603 g/mol. The van der Waals surface area contributed by atoms with Crippen LogP contribution in [0.25, 0.3) is 102 Å². The van der Waals surface area contributed by atoms with Gasteiger partial charge in [-0.25, -0.2) is 4.98 Å². The summed E-state index contributed by atoms with van der Waals surface area (Å²) in [4.78, 5) is 10.1. The lowest BCUT2D eigenvalue weighted by molar-refractivity contribution is 1.25. The lowest BCUT2D eigenvalue weighted by atomic mass is 9.99. The molecule has 4 heterocycles. The lowest BCUT2D eigenvalue weighted by Crippen LogP contribution is -1.93. The molecule has 222 valence electrons. The largest absolute Gasteiger partial charge is 0.291 e. The maximum absolute atomic E-state index is 5.34. The van der Waals surface area contributed by atoms with Gasteiger partial charge in [-0.3, -0.25) is 9.38 Å². The van der Waals surface area contributed by atoms with Gasteiger partial charge in [-0.05, 0) is 67.9 Å². The highest BCUT2D eigenvalue weighted by molar-refractivity contribution is 7.27. The van der Waals surface area contributed by atoms with Crippen LogP contribution in [0, 0.1) is 0 Å². The zero-order valence-corrected chi connectivity index (χ0v) is 26.5. The molecule has 7 aromatic carbocycles. The Morgan fingerprint density at radius 1 is 0.438 bits per heavy atom. The number of hydrogen-bond acceptors (Lipinski definition) is 3. The summed E-state index contributed by atoms with van der Waals surface area (Å²) in [6.45, 7) is 0. The lowest BCUT2D eigenvalue weighted by Gasteiger charge is -2.11. The molecule has 4 aromatic heterocycles. The minimum Gasteiger partial charge on any atom is -0.291 e. The summed E-state index contributed by atoms with van der Waals surface area (Å²) in [6, 6.07) is 52.8. The van der Waals surface area contributed by atoms with Gasteiger partial charge >= 0.3 is 0 Å². The Morgan fingerprint density at radius 3 is 1.98 bits per heavy atom. The van der Waals surface area contributed by atoms with E-state index < -0.39 is 0 Å². The third kappa shape index (κ3) is 3.69. The first-order valence-electron chi connectivity index (χ1n) is 16.2. The van der Waals surface area contributed by atoms with E-state index in [9.17, 15) is 0 Å². The van der Waals surface area contributed by atoms with Crippen molar-refractivity contribution >= 4 is 91.4 Å². The molecule has 0 unspecified atom stereocenters. The number of aromatic nitrogens is 3. The summed E-state index contributed by atoms with van der Waals surface area (Å²) >= 11 is 1.86. The summed E-state index contributed by atoms with van der Waals surface area (Å²) in [5, 5.41) is 11.1. The van der Waals surface area contributed by atoms with Gasteiger partial charge in [-0.15, -0.1) is 11.3 Å². The van der Waals surface area contributed by atoms with Crippen LogP contribution >= 0.6 is 11.3 Å². The first-order chi connectivity index (χ1) is 23.8. The molecule has 0 saturated heterocycles. The highest BCUT2D eigenvalue weighted by atomic mass is 32.1. The van der Waals surface area contributed by atoms with Crippen molar-refractivity contribution in [2.24, 2.45) is 0 Å². The van der Waals surface area contributed by atoms with Gasteiger partial charge < -0.3 is 0 Å². The molecule has 3 nitrogen and oxygen atoms in total. The normalized spacial score (nSPS) is 12.2. The number of hydrogen-bond donors (Lipinski definition) is 0. The van der Waals surface area contributed by atoms with Crippen LogP contribution in [0.2, 0.25) is 0 Å². The molecule has 0 amide bonds. The fraction of sp³-hybridized carbons (Fsp3) is 0. The van der Waals surface area contributed by atoms with Crippen LogP contribution in [-0.2, 0) is 0 Å². The Balaban J connectivity index is 1.15. The van der Waals surface area contributed by atoms with Crippen molar-refractivity contribution in [1.29, 1.82) is 0 Å². The second-order valence-corrected chi connectivity index (χ2v) is 13.7. The van der Waals surface area contributed by atoms with E-state index in [2.05, 4.69) is 150 Å². The Kier molecular flexibility index (Phi) is 5.26. The predicted octanol–water partition coefficient (Wildman–Crippen LogP) is 12.2. The molecule has 0 fully saturated rings. The maximum atomic E-state index is 5.34. The Labute approximate surface area is 279 Å². The van der Waals surface area contributed by atoms with Gasteiger partial charge in [0.05, 0.1) is 26.9 Å². The van der Waals surface area contributed by atoms with Gasteiger partial charge in [0, 0.05) is 32.4 Å². The van der Waals surface area contributed by atoms with Crippen LogP contribution in [0.3, 0.4) is 0 Å². The number of thiophene rings is 1. The van der Waals surface area contributed by atoms with Crippen molar-refractivity contribution in [3.05, 3.63) is 152 Å². The van der Waals surface area contributed by atoms with E-state index in [-0.39, 0.29) is 0 Å². The van der Waals surface area contributed by atoms with Gasteiger partial charge in [0.1, 0.15) is 0 Å².